The van der Waals surface area contributed by atoms with E-state index < -0.39 is 0 Å². The van der Waals surface area contributed by atoms with Gasteiger partial charge in [-0.15, -0.1) is 0 Å². The van der Waals surface area contributed by atoms with Crippen LogP contribution in [0.1, 0.15) is 43.4 Å². The summed E-state index contributed by atoms with van der Waals surface area (Å²) in [4.78, 5) is 16.8. The minimum Gasteiger partial charge on any atom is -0.316 e. The van der Waals surface area contributed by atoms with Crippen molar-refractivity contribution in [2.45, 2.75) is 32.1 Å². The van der Waals surface area contributed by atoms with Crippen molar-refractivity contribution < 1.29 is 0 Å². The molecule has 0 saturated carbocycles. The van der Waals surface area contributed by atoms with E-state index in [-0.39, 0.29) is 5.56 Å². The van der Waals surface area contributed by atoms with Crippen LogP contribution >= 0.6 is 0 Å². The molecule has 1 saturated heterocycles. The van der Waals surface area contributed by atoms with E-state index in [4.69, 9.17) is 4.98 Å². The summed E-state index contributed by atoms with van der Waals surface area (Å²) in [6.45, 7) is 6.15. The third-order valence-electron chi connectivity index (χ3n) is 3.65. The predicted molar refractivity (Wildman–Crippen MR) is 70.1 cm³/mol. The van der Waals surface area contributed by atoms with Gasteiger partial charge >= 0.3 is 0 Å². The van der Waals surface area contributed by atoms with Gasteiger partial charge in [0.25, 0.3) is 5.56 Å². The fourth-order valence-electron chi connectivity index (χ4n) is 2.56. The van der Waals surface area contributed by atoms with Gasteiger partial charge in [-0.25, -0.2) is 9.50 Å². The first kappa shape index (κ1) is 11.5. The van der Waals surface area contributed by atoms with Crippen molar-refractivity contribution in [3.8, 4) is 0 Å². The molecular formula is C13H18N4O. The van der Waals surface area contributed by atoms with Crippen LogP contribution in [-0.2, 0) is 0 Å². The van der Waals surface area contributed by atoms with Gasteiger partial charge < -0.3 is 5.32 Å². The van der Waals surface area contributed by atoms with Gasteiger partial charge in [-0.3, -0.25) is 9.89 Å². The molecule has 0 spiro atoms. The van der Waals surface area contributed by atoms with Crippen LogP contribution in [0.3, 0.4) is 0 Å². The maximum Gasteiger partial charge on any atom is 0.272 e. The second-order valence-corrected chi connectivity index (χ2v) is 5.25. The van der Waals surface area contributed by atoms with Crippen molar-refractivity contribution in [2.75, 3.05) is 13.1 Å². The zero-order valence-electron chi connectivity index (χ0n) is 10.7. The zero-order valence-corrected chi connectivity index (χ0v) is 10.7. The van der Waals surface area contributed by atoms with Crippen molar-refractivity contribution in [1.82, 2.24) is 19.9 Å². The minimum atomic E-state index is -0.0196. The van der Waals surface area contributed by atoms with Gasteiger partial charge in [0.05, 0.1) is 5.69 Å². The van der Waals surface area contributed by atoms with Gasteiger partial charge in [0, 0.05) is 30.3 Å². The Balaban J connectivity index is 2.17. The molecule has 1 aliphatic heterocycles. The van der Waals surface area contributed by atoms with Crippen molar-refractivity contribution in [3.63, 3.8) is 0 Å². The van der Waals surface area contributed by atoms with Crippen LogP contribution in [0, 0.1) is 0 Å². The average Bonchev–Trinajstić information content (AvgIpc) is 2.97. The van der Waals surface area contributed by atoms with Crippen LogP contribution in [0.15, 0.2) is 17.1 Å². The van der Waals surface area contributed by atoms with Crippen molar-refractivity contribution in [2.24, 2.45) is 0 Å². The second kappa shape index (κ2) is 4.24. The molecule has 0 amide bonds. The van der Waals surface area contributed by atoms with Gasteiger partial charge in [-0.05, 0) is 18.9 Å². The Bertz CT molecular complexity index is 619. The minimum absolute atomic E-state index is 0.0196. The van der Waals surface area contributed by atoms with E-state index in [9.17, 15) is 4.79 Å². The summed E-state index contributed by atoms with van der Waals surface area (Å²) in [5.74, 6) is 0.729. The number of fused-ring (bicyclic) bond motifs is 1. The topological polar surface area (TPSA) is 62.2 Å². The molecule has 0 radical (unpaired) electrons. The highest BCUT2D eigenvalue weighted by Gasteiger charge is 2.20. The van der Waals surface area contributed by atoms with Gasteiger partial charge in [-0.2, -0.15) is 0 Å². The highest BCUT2D eigenvalue weighted by atomic mass is 16.1. The van der Waals surface area contributed by atoms with Crippen LogP contribution < -0.4 is 10.9 Å². The monoisotopic (exact) mass is 246 g/mol. The quantitative estimate of drug-likeness (QED) is 0.837. The molecule has 0 bridgehead atoms. The standard InChI is InChI=1S/C13H18N4O/c1-8(2)10-7-15-17-12(18)5-11(16-13(10)17)9-3-4-14-6-9/h5,7-9,14-15H,3-4,6H2,1-2H3. The molecule has 2 aromatic heterocycles. The van der Waals surface area contributed by atoms with E-state index in [2.05, 4.69) is 24.3 Å². The largest absolute Gasteiger partial charge is 0.316 e. The number of rotatable bonds is 2. The van der Waals surface area contributed by atoms with E-state index in [0.717, 1.165) is 36.4 Å². The Morgan fingerprint density at radius 3 is 3.00 bits per heavy atom. The van der Waals surface area contributed by atoms with Crippen LogP contribution in [0.25, 0.3) is 5.65 Å². The molecule has 1 atom stereocenters. The van der Waals surface area contributed by atoms with Crippen LogP contribution in [0.5, 0.6) is 0 Å². The summed E-state index contributed by atoms with van der Waals surface area (Å²) in [5.41, 5.74) is 2.78. The van der Waals surface area contributed by atoms with E-state index in [1.807, 2.05) is 6.20 Å². The smallest absolute Gasteiger partial charge is 0.272 e. The molecule has 3 heterocycles. The highest BCUT2D eigenvalue weighted by molar-refractivity contribution is 5.48. The van der Waals surface area contributed by atoms with Crippen LogP contribution in [0.4, 0.5) is 0 Å². The number of nitrogens with zero attached hydrogens (tertiary/aromatic N) is 2. The maximum atomic E-state index is 12.1. The Morgan fingerprint density at radius 2 is 2.33 bits per heavy atom. The van der Waals surface area contributed by atoms with Crippen molar-refractivity contribution in [1.29, 1.82) is 0 Å². The zero-order chi connectivity index (χ0) is 12.7. The first-order valence-electron chi connectivity index (χ1n) is 6.48. The maximum absolute atomic E-state index is 12.1. The summed E-state index contributed by atoms with van der Waals surface area (Å²) in [6, 6.07) is 1.66. The third-order valence-corrected chi connectivity index (χ3v) is 3.65. The molecule has 2 aromatic rings. The van der Waals surface area contributed by atoms with Crippen molar-refractivity contribution in [3.05, 3.63) is 33.9 Å². The van der Waals surface area contributed by atoms with E-state index in [1.54, 1.807) is 6.07 Å². The van der Waals surface area contributed by atoms with Crippen molar-refractivity contribution >= 4 is 5.65 Å². The Labute approximate surface area is 105 Å². The summed E-state index contributed by atoms with van der Waals surface area (Å²) in [7, 11) is 0. The van der Waals surface area contributed by atoms with Gasteiger partial charge in [-0.1, -0.05) is 13.8 Å². The van der Waals surface area contributed by atoms with Gasteiger partial charge in [0.1, 0.15) is 0 Å². The summed E-state index contributed by atoms with van der Waals surface area (Å²) >= 11 is 0. The molecule has 1 unspecified atom stereocenters. The van der Waals surface area contributed by atoms with Crippen LogP contribution in [0.2, 0.25) is 0 Å². The highest BCUT2D eigenvalue weighted by Crippen LogP contribution is 2.22. The summed E-state index contributed by atoms with van der Waals surface area (Å²) < 4.78 is 1.53. The second-order valence-electron chi connectivity index (χ2n) is 5.25. The molecule has 3 rings (SSSR count). The lowest BCUT2D eigenvalue weighted by atomic mass is 10.0. The van der Waals surface area contributed by atoms with Gasteiger partial charge in [0.2, 0.25) is 0 Å². The summed E-state index contributed by atoms with van der Waals surface area (Å²) in [5, 5.41) is 6.29. The van der Waals surface area contributed by atoms with Crippen LogP contribution in [-0.4, -0.2) is 27.7 Å². The number of hydrogen-bond donors (Lipinski definition) is 2. The molecule has 18 heavy (non-hydrogen) atoms. The number of H-pyrrole nitrogens is 1. The Morgan fingerprint density at radius 1 is 1.50 bits per heavy atom. The lowest BCUT2D eigenvalue weighted by Crippen LogP contribution is -2.18. The molecule has 5 nitrogen and oxygen atoms in total. The Kier molecular flexibility index (Phi) is 2.70. The molecule has 1 fully saturated rings. The fraction of sp³-hybridized carbons (Fsp3) is 0.538. The molecule has 0 aromatic carbocycles. The molecular weight excluding hydrogens is 228 g/mol. The number of hydrogen-bond acceptors (Lipinski definition) is 3. The van der Waals surface area contributed by atoms with E-state index in [1.165, 1.54) is 4.52 Å². The fourth-order valence-corrected chi connectivity index (χ4v) is 2.56. The number of aromatic amines is 1. The lowest BCUT2D eigenvalue weighted by molar-refractivity contribution is 0.724. The first-order valence-corrected chi connectivity index (χ1v) is 6.48. The lowest BCUT2D eigenvalue weighted by Gasteiger charge is -2.08. The number of nitrogens with one attached hydrogen (secondary N) is 2. The third kappa shape index (κ3) is 1.75. The molecule has 1 aliphatic rings. The Hall–Kier alpha value is -1.62. The van der Waals surface area contributed by atoms with E-state index >= 15 is 0 Å². The normalized spacial score (nSPS) is 20.1. The average molecular weight is 246 g/mol. The molecule has 5 heteroatoms. The van der Waals surface area contributed by atoms with Gasteiger partial charge in [0.15, 0.2) is 5.65 Å². The summed E-state index contributed by atoms with van der Waals surface area (Å²) in [6.07, 6.45) is 2.94. The number of aromatic nitrogens is 3. The molecule has 0 aliphatic carbocycles. The SMILES string of the molecule is CC(C)c1c[nH]n2c(=O)cc(C3CCNC3)nc12. The van der Waals surface area contributed by atoms with E-state index in [0.29, 0.717) is 11.8 Å². The first-order chi connectivity index (χ1) is 8.66. The molecule has 96 valence electrons. The predicted octanol–water partition coefficient (Wildman–Crippen LogP) is 1.22. The molecule has 2 N–H and O–H groups in total.